The lowest BCUT2D eigenvalue weighted by Gasteiger charge is -2.05. The fourth-order valence-electron chi connectivity index (χ4n) is 1.29. The van der Waals surface area contributed by atoms with E-state index in [9.17, 15) is 0 Å². The predicted octanol–water partition coefficient (Wildman–Crippen LogP) is 2.69. The Balaban J connectivity index is 2.52. The monoisotopic (exact) mass is 268 g/mol. The summed E-state index contributed by atoms with van der Waals surface area (Å²) in [5, 5.41) is 3.83. The van der Waals surface area contributed by atoms with Gasteiger partial charge in [-0.25, -0.2) is 0 Å². The molecular formula is C10H9BrN2O2. The van der Waals surface area contributed by atoms with E-state index in [-0.39, 0.29) is 5.88 Å². The third-order valence-corrected chi connectivity index (χ3v) is 2.46. The predicted molar refractivity (Wildman–Crippen MR) is 60.6 cm³/mol. The minimum atomic E-state index is 0.287. The largest absolute Gasteiger partial charge is 0.496 e. The average Bonchev–Trinajstić information content (AvgIpc) is 2.64. The molecular weight excluding hydrogens is 260 g/mol. The van der Waals surface area contributed by atoms with Crippen LogP contribution in [0.5, 0.6) is 5.75 Å². The number of hydrogen-bond donors (Lipinski definition) is 1. The molecule has 2 rings (SSSR count). The topological polar surface area (TPSA) is 61.3 Å². The summed E-state index contributed by atoms with van der Waals surface area (Å²) in [4.78, 5) is 0. The number of ether oxygens (including phenoxy) is 1. The highest BCUT2D eigenvalue weighted by Gasteiger charge is 2.10. The van der Waals surface area contributed by atoms with Gasteiger partial charge in [0.05, 0.1) is 7.11 Å². The van der Waals surface area contributed by atoms with E-state index >= 15 is 0 Å². The smallest absolute Gasteiger partial charge is 0.222 e. The number of halogens is 1. The molecule has 2 N–H and O–H groups in total. The van der Waals surface area contributed by atoms with Crippen molar-refractivity contribution < 1.29 is 9.26 Å². The number of aromatic nitrogens is 1. The van der Waals surface area contributed by atoms with Gasteiger partial charge in [0, 0.05) is 16.1 Å². The summed E-state index contributed by atoms with van der Waals surface area (Å²) in [6.45, 7) is 0. The Morgan fingerprint density at radius 3 is 2.80 bits per heavy atom. The van der Waals surface area contributed by atoms with E-state index in [1.54, 1.807) is 13.2 Å². The molecule has 0 saturated carbocycles. The van der Waals surface area contributed by atoms with Crippen molar-refractivity contribution in [3.05, 3.63) is 28.7 Å². The minimum absolute atomic E-state index is 0.287. The highest BCUT2D eigenvalue weighted by Crippen LogP contribution is 2.32. The molecule has 1 heterocycles. The molecule has 78 valence electrons. The van der Waals surface area contributed by atoms with Gasteiger partial charge in [0.25, 0.3) is 0 Å². The van der Waals surface area contributed by atoms with Crippen LogP contribution in [0.2, 0.25) is 0 Å². The van der Waals surface area contributed by atoms with E-state index in [0.29, 0.717) is 5.69 Å². The van der Waals surface area contributed by atoms with Crippen molar-refractivity contribution in [3.8, 4) is 17.0 Å². The maximum atomic E-state index is 5.46. The summed E-state index contributed by atoms with van der Waals surface area (Å²) in [6.07, 6.45) is 0. The molecule has 1 aromatic heterocycles. The van der Waals surface area contributed by atoms with E-state index in [4.69, 9.17) is 15.0 Å². The van der Waals surface area contributed by atoms with Gasteiger partial charge < -0.3 is 15.0 Å². The number of benzene rings is 1. The second-order valence-electron chi connectivity index (χ2n) is 2.96. The molecule has 0 spiro atoms. The minimum Gasteiger partial charge on any atom is -0.496 e. The SMILES string of the molecule is COc1cc(Br)ccc1-c1cc(N)on1. The van der Waals surface area contributed by atoms with Crippen molar-refractivity contribution in [2.24, 2.45) is 0 Å². The molecule has 15 heavy (non-hydrogen) atoms. The number of hydrogen-bond acceptors (Lipinski definition) is 4. The summed E-state index contributed by atoms with van der Waals surface area (Å²) < 4.78 is 11.0. The maximum Gasteiger partial charge on any atom is 0.222 e. The molecule has 0 aliphatic carbocycles. The summed E-state index contributed by atoms with van der Waals surface area (Å²) in [7, 11) is 1.61. The zero-order chi connectivity index (χ0) is 10.8. The fraction of sp³-hybridized carbons (Fsp3) is 0.100. The quantitative estimate of drug-likeness (QED) is 0.910. The highest BCUT2D eigenvalue weighted by molar-refractivity contribution is 9.10. The van der Waals surface area contributed by atoms with Gasteiger partial charge in [0.2, 0.25) is 5.88 Å². The molecule has 0 bridgehead atoms. The second kappa shape index (κ2) is 3.94. The van der Waals surface area contributed by atoms with Gasteiger partial charge >= 0.3 is 0 Å². The molecule has 2 aromatic rings. The molecule has 0 unspecified atom stereocenters. The summed E-state index contributed by atoms with van der Waals surface area (Å²) >= 11 is 3.37. The molecule has 5 heteroatoms. The van der Waals surface area contributed by atoms with Gasteiger partial charge in [0.15, 0.2) is 0 Å². The molecule has 0 aliphatic heterocycles. The molecule has 0 fully saturated rings. The molecule has 0 radical (unpaired) electrons. The zero-order valence-corrected chi connectivity index (χ0v) is 9.61. The standard InChI is InChI=1S/C10H9BrN2O2/c1-14-9-4-6(11)2-3-7(9)8-5-10(12)15-13-8/h2-5H,12H2,1H3. The van der Waals surface area contributed by atoms with Crippen LogP contribution in [0.25, 0.3) is 11.3 Å². The fourth-order valence-corrected chi connectivity index (χ4v) is 1.63. The van der Waals surface area contributed by atoms with Crippen molar-refractivity contribution in [2.45, 2.75) is 0 Å². The first-order valence-electron chi connectivity index (χ1n) is 4.27. The van der Waals surface area contributed by atoms with Crippen molar-refractivity contribution in [1.82, 2.24) is 5.16 Å². The van der Waals surface area contributed by atoms with Crippen molar-refractivity contribution >= 4 is 21.8 Å². The molecule has 4 nitrogen and oxygen atoms in total. The third-order valence-electron chi connectivity index (χ3n) is 1.97. The van der Waals surface area contributed by atoms with Crippen molar-refractivity contribution in [1.29, 1.82) is 0 Å². The lowest BCUT2D eigenvalue weighted by Crippen LogP contribution is -1.87. The van der Waals surface area contributed by atoms with Crippen LogP contribution < -0.4 is 10.5 Å². The van der Waals surface area contributed by atoms with Crippen LogP contribution in [0, 0.1) is 0 Å². The van der Waals surface area contributed by atoms with Crippen molar-refractivity contribution in [2.75, 3.05) is 12.8 Å². The van der Waals surface area contributed by atoms with Gasteiger partial charge in [-0.1, -0.05) is 21.1 Å². The first kappa shape index (κ1) is 10.0. The number of anilines is 1. The Labute approximate surface area is 95.1 Å². The van der Waals surface area contributed by atoms with Crippen LogP contribution in [0.4, 0.5) is 5.88 Å². The Morgan fingerprint density at radius 2 is 2.20 bits per heavy atom. The normalized spacial score (nSPS) is 10.3. The molecule has 0 aliphatic rings. The van der Waals surface area contributed by atoms with Crippen LogP contribution in [-0.4, -0.2) is 12.3 Å². The number of nitrogens with two attached hydrogens (primary N) is 1. The number of nitrogen functional groups attached to an aromatic ring is 1. The van der Waals surface area contributed by atoms with Crippen LogP contribution in [0.3, 0.4) is 0 Å². The number of nitrogens with zero attached hydrogens (tertiary/aromatic N) is 1. The van der Waals surface area contributed by atoms with Gasteiger partial charge in [-0.2, -0.15) is 0 Å². The van der Waals surface area contributed by atoms with Crippen LogP contribution >= 0.6 is 15.9 Å². The van der Waals surface area contributed by atoms with E-state index in [1.807, 2.05) is 18.2 Å². The van der Waals surface area contributed by atoms with Gasteiger partial charge in [0.1, 0.15) is 11.4 Å². The third kappa shape index (κ3) is 1.97. The van der Waals surface area contributed by atoms with E-state index in [1.165, 1.54) is 0 Å². The average molecular weight is 269 g/mol. The summed E-state index contributed by atoms with van der Waals surface area (Å²) in [6, 6.07) is 7.31. The highest BCUT2D eigenvalue weighted by atomic mass is 79.9. The van der Waals surface area contributed by atoms with Gasteiger partial charge in [-0.05, 0) is 18.2 Å². The van der Waals surface area contributed by atoms with Crippen molar-refractivity contribution in [3.63, 3.8) is 0 Å². The Hall–Kier alpha value is -1.49. The lowest BCUT2D eigenvalue weighted by molar-refractivity contribution is 0.413. The maximum absolute atomic E-state index is 5.46. The van der Waals surface area contributed by atoms with Gasteiger partial charge in [-0.15, -0.1) is 0 Å². The Morgan fingerprint density at radius 1 is 1.40 bits per heavy atom. The zero-order valence-electron chi connectivity index (χ0n) is 8.03. The lowest BCUT2D eigenvalue weighted by atomic mass is 10.1. The first-order valence-corrected chi connectivity index (χ1v) is 5.06. The van der Waals surface area contributed by atoms with Crippen LogP contribution in [0.1, 0.15) is 0 Å². The van der Waals surface area contributed by atoms with Gasteiger partial charge in [-0.3, -0.25) is 0 Å². The number of rotatable bonds is 2. The van der Waals surface area contributed by atoms with E-state index in [2.05, 4.69) is 21.1 Å². The summed E-state index contributed by atoms with van der Waals surface area (Å²) in [5.41, 5.74) is 6.97. The van der Waals surface area contributed by atoms with E-state index < -0.39 is 0 Å². The summed E-state index contributed by atoms with van der Waals surface area (Å²) in [5.74, 6) is 1.01. The first-order chi connectivity index (χ1) is 7.20. The molecule has 0 saturated heterocycles. The molecule has 0 atom stereocenters. The van der Waals surface area contributed by atoms with Crippen LogP contribution in [-0.2, 0) is 0 Å². The Bertz CT molecular complexity index is 482. The number of methoxy groups -OCH3 is 1. The van der Waals surface area contributed by atoms with E-state index in [0.717, 1.165) is 15.8 Å². The molecule has 1 aromatic carbocycles. The molecule has 0 amide bonds. The van der Waals surface area contributed by atoms with Crippen LogP contribution in [0.15, 0.2) is 33.3 Å². The Kier molecular flexibility index (Phi) is 2.64. The second-order valence-corrected chi connectivity index (χ2v) is 3.87.